The highest BCUT2D eigenvalue weighted by Gasteiger charge is 2.36. The third-order valence-electron chi connectivity index (χ3n) is 5.17. The fourth-order valence-electron chi connectivity index (χ4n) is 3.90. The molecule has 2 aromatic carbocycles. The molecule has 0 bridgehead atoms. The zero-order valence-electron chi connectivity index (χ0n) is 16.8. The van der Waals surface area contributed by atoms with E-state index in [1.807, 2.05) is 6.07 Å². The molecule has 1 amide bonds. The van der Waals surface area contributed by atoms with Crippen molar-refractivity contribution in [3.8, 4) is 11.1 Å². The molecule has 0 spiro atoms. The topological polar surface area (TPSA) is 75.7 Å². The van der Waals surface area contributed by atoms with E-state index in [9.17, 15) is 22.0 Å². The summed E-state index contributed by atoms with van der Waals surface area (Å²) in [7, 11) is -2.20. The molecular weight excluding hydrogens is 414 g/mol. The standard InChI is InChI=1S/C21H24F2N2O4S/c1-29-21(26)25-10-4-7-19(24-30(2,27)28)20(25)12-14-5-3-6-15(11-14)17-9-8-16(22)13-18(17)23/h3,5-6,8-9,11,13,19-20,24H,4,7,10,12H2,1-2H3/t19-,20-/m1/s1. The normalized spacial score (nSPS) is 19.5. The summed E-state index contributed by atoms with van der Waals surface area (Å²) in [6.07, 6.45) is 2.12. The smallest absolute Gasteiger partial charge is 0.409 e. The highest BCUT2D eigenvalue weighted by atomic mass is 32.2. The Morgan fingerprint density at radius 2 is 2.00 bits per heavy atom. The van der Waals surface area contributed by atoms with E-state index in [1.54, 1.807) is 18.2 Å². The van der Waals surface area contributed by atoms with E-state index < -0.39 is 39.8 Å². The number of halogens is 2. The van der Waals surface area contributed by atoms with Crippen LogP contribution in [0.15, 0.2) is 42.5 Å². The lowest BCUT2D eigenvalue weighted by Crippen LogP contribution is -2.57. The van der Waals surface area contributed by atoms with Crippen molar-refractivity contribution in [2.24, 2.45) is 0 Å². The van der Waals surface area contributed by atoms with Gasteiger partial charge in [-0.1, -0.05) is 24.3 Å². The number of nitrogens with one attached hydrogen (secondary N) is 1. The van der Waals surface area contributed by atoms with Gasteiger partial charge in [0, 0.05) is 24.2 Å². The quantitative estimate of drug-likeness (QED) is 0.777. The molecule has 2 aromatic rings. The Balaban J connectivity index is 1.92. The first kappa shape index (κ1) is 22.2. The van der Waals surface area contributed by atoms with Crippen LogP contribution in [-0.2, 0) is 21.2 Å². The first-order valence-electron chi connectivity index (χ1n) is 9.54. The van der Waals surface area contributed by atoms with Gasteiger partial charge in [-0.3, -0.25) is 0 Å². The van der Waals surface area contributed by atoms with Gasteiger partial charge in [-0.15, -0.1) is 0 Å². The number of carbonyl (C=O) groups excluding carboxylic acids is 1. The maximum Gasteiger partial charge on any atom is 0.409 e. The Morgan fingerprint density at radius 1 is 1.23 bits per heavy atom. The van der Waals surface area contributed by atoms with Gasteiger partial charge >= 0.3 is 6.09 Å². The number of amides is 1. The van der Waals surface area contributed by atoms with Crippen LogP contribution in [0.5, 0.6) is 0 Å². The van der Waals surface area contributed by atoms with Crippen LogP contribution in [0, 0.1) is 11.6 Å². The predicted octanol–water partition coefficient (Wildman–Crippen LogP) is 3.32. The molecule has 0 unspecified atom stereocenters. The van der Waals surface area contributed by atoms with Gasteiger partial charge in [0.25, 0.3) is 0 Å². The van der Waals surface area contributed by atoms with E-state index in [0.717, 1.165) is 17.9 Å². The van der Waals surface area contributed by atoms with Crippen molar-refractivity contribution in [2.45, 2.75) is 31.3 Å². The molecule has 3 rings (SSSR count). The molecule has 1 aliphatic heterocycles. The van der Waals surface area contributed by atoms with Gasteiger partial charge in [0.1, 0.15) is 11.6 Å². The molecule has 0 saturated carbocycles. The molecule has 1 heterocycles. The summed E-state index contributed by atoms with van der Waals surface area (Å²) in [5, 5.41) is 0. The summed E-state index contributed by atoms with van der Waals surface area (Å²) >= 11 is 0. The van der Waals surface area contributed by atoms with Gasteiger partial charge in [0.2, 0.25) is 10.0 Å². The first-order chi connectivity index (χ1) is 14.2. The zero-order valence-corrected chi connectivity index (χ0v) is 17.6. The summed E-state index contributed by atoms with van der Waals surface area (Å²) in [5.74, 6) is -1.32. The minimum absolute atomic E-state index is 0.262. The molecule has 0 aliphatic carbocycles. The van der Waals surface area contributed by atoms with Crippen molar-refractivity contribution < 1.29 is 26.7 Å². The van der Waals surface area contributed by atoms with Crippen molar-refractivity contribution in [3.63, 3.8) is 0 Å². The van der Waals surface area contributed by atoms with E-state index >= 15 is 0 Å². The molecule has 0 aromatic heterocycles. The Bertz CT molecular complexity index is 1030. The van der Waals surface area contributed by atoms with Crippen molar-refractivity contribution in [3.05, 3.63) is 59.7 Å². The number of carbonyl (C=O) groups is 1. The predicted molar refractivity (Wildman–Crippen MR) is 109 cm³/mol. The second-order valence-electron chi connectivity index (χ2n) is 7.40. The number of nitrogens with zero attached hydrogens (tertiary/aromatic N) is 1. The van der Waals surface area contributed by atoms with Gasteiger partial charge in [0.05, 0.1) is 19.4 Å². The number of hydrogen-bond donors (Lipinski definition) is 1. The second kappa shape index (κ2) is 9.09. The number of ether oxygens (including phenoxy) is 1. The summed E-state index contributed by atoms with van der Waals surface area (Å²) in [6.45, 7) is 0.450. The minimum atomic E-state index is -3.48. The lowest BCUT2D eigenvalue weighted by Gasteiger charge is -2.40. The molecule has 1 aliphatic rings. The molecule has 1 fully saturated rings. The fourth-order valence-corrected chi connectivity index (χ4v) is 4.72. The van der Waals surface area contributed by atoms with Crippen LogP contribution < -0.4 is 4.72 Å². The minimum Gasteiger partial charge on any atom is -0.453 e. The summed E-state index contributed by atoms with van der Waals surface area (Å²) in [5.41, 5.74) is 1.62. The molecule has 1 saturated heterocycles. The largest absolute Gasteiger partial charge is 0.453 e. The van der Waals surface area contributed by atoms with Gasteiger partial charge < -0.3 is 9.64 Å². The molecule has 0 radical (unpaired) electrons. The van der Waals surface area contributed by atoms with Crippen LogP contribution in [0.2, 0.25) is 0 Å². The lowest BCUT2D eigenvalue weighted by molar-refractivity contribution is 0.0792. The Kier molecular flexibility index (Phi) is 6.72. The zero-order chi connectivity index (χ0) is 21.9. The second-order valence-corrected chi connectivity index (χ2v) is 9.18. The van der Waals surface area contributed by atoms with Crippen LogP contribution in [0.25, 0.3) is 11.1 Å². The van der Waals surface area contributed by atoms with E-state index in [-0.39, 0.29) is 5.56 Å². The van der Waals surface area contributed by atoms with E-state index in [4.69, 9.17) is 4.74 Å². The Morgan fingerprint density at radius 3 is 2.67 bits per heavy atom. The highest BCUT2D eigenvalue weighted by Crippen LogP contribution is 2.27. The monoisotopic (exact) mass is 438 g/mol. The number of piperidine rings is 1. The lowest BCUT2D eigenvalue weighted by atomic mass is 9.90. The number of hydrogen-bond acceptors (Lipinski definition) is 4. The van der Waals surface area contributed by atoms with Crippen LogP contribution in [0.1, 0.15) is 18.4 Å². The van der Waals surface area contributed by atoms with Crippen molar-refractivity contribution >= 4 is 16.1 Å². The van der Waals surface area contributed by atoms with E-state index in [1.165, 1.54) is 24.1 Å². The third-order valence-corrected chi connectivity index (χ3v) is 5.90. The molecular formula is C21H24F2N2O4S. The number of benzene rings is 2. The fraction of sp³-hybridized carbons (Fsp3) is 0.381. The number of methoxy groups -OCH3 is 1. The Labute approximate surface area is 174 Å². The molecule has 162 valence electrons. The maximum absolute atomic E-state index is 14.2. The van der Waals surface area contributed by atoms with Gasteiger partial charge in [0.15, 0.2) is 0 Å². The average molecular weight is 438 g/mol. The summed E-state index contributed by atoms with van der Waals surface area (Å²) in [6, 6.07) is 9.51. The number of likely N-dealkylation sites (tertiary alicyclic amines) is 1. The van der Waals surface area contributed by atoms with Crippen molar-refractivity contribution in [1.82, 2.24) is 9.62 Å². The van der Waals surface area contributed by atoms with Gasteiger partial charge in [-0.25, -0.2) is 26.7 Å². The van der Waals surface area contributed by atoms with E-state index in [0.29, 0.717) is 31.4 Å². The number of sulfonamides is 1. The Hall–Kier alpha value is -2.52. The molecule has 2 atom stereocenters. The van der Waals surface area contributed by atoms with Crippen molar-refractivity contribution in [1.29, 1.82) is 0 Å². The molecule has 9 heteroatoms. The SMILES string of the molecule is COC(=O)N1CCC[C@@H](NS(C)(=O)=O)[C@H]1Cc1cccc(-c2ccc(F)cc2F)c1. The summed E-state index contributed by atoms with van der Waals surface area (Å²) in [4.78, 5) is 13.8. The molecule has 1 N–H and O–H groups in total. The maximum atomic E-state index is 14.2. The van der Waals surface area contributed by atoms with Crippen LogP contribution in [0.4, 0.5) is 13.6 Å². The average Bonchev–Trinajstić information content (AvgIpc) is 2.68. The van der Waals surface area contributed by atoms with Crippen molar-refractivity contribution in [2.75, 3.05) is 19.9 Å². The van der Waals surface area contributed by atoms with Crippen LogP contribution >= 0.6 is 0 Å². The van der Waals surface area contributed by atoms with E-state index in [2.05, 4.69) is 4.72 Å². The first-order valence-corrected chi connectivity index (χ1v) is 11.4. The molecule has 6 nitrogen and oxygen atoms in total. The van der Waals surface area contributed by atoms with Crippen LogP contribution in [0.3, 0.4) is 0 Å². The molecule has 30 heavy (non-hydrogen) atoms. The van der Waals surface area contributed by atoms with Gasteiger partial charge in [-0.05, 0) is 42.5 Å². The van der Waals surface area contributed by atoms with Gasteiger partial charge in [-0.2, -0.15) is 0 Å². The van der Waals surface area contributed by atoms with Crippen LogP contribution in [-0.4, -0.2) is 51.4 Å². The third kappa shape index (κ3) is 5.34. The highest BCUT2D eigenvalue weighted by molar-refractivity contribution is 7.88. The summed E-state index contributed by atoms with van der Waals surface area (Å²) < 4.78 is 58.6. The number of rotatable bonds is 5.